The van der Waals surface area contributed by atoms with Crippen LogP contribution in [0.2, 0.25) is 0 Å². The van der Waals surface area contributed by atoms with E-state index in [9.17, 15) is 14.7 Å². The number of thioether (sulfide) groups is 1. The van der Waals surface area contributed by atoms with E-state index in [2.05, 4.69) is 59.2 Å². The van der Waals surface area contributed by atoms with Crippen molar-refractivity contribution < 1.29 is 24.2 Å². The normalized spacial score (nSPS) is 16.8. The van der Waals surface area contributed by atoms with Gasteiger partial charge in [-0.2, -0.15) is 0 Å². The van der Waals surface area contributed by atoms with E-state index in [-0.39, 0.29) is 30.6 Å². The van der Waals surface area contributed by atoms with Gasteiger partial charge in [0.25, 0.3) is 0 Å². The number of ether oxygens (including phenoxy) is 2. The Hall–Kier alpha value is -4.93. The fraction of sp³-hybridized carbons (Fsp3) is 0.289. The average molecular weight is 744 g/mol. The number of aliphatic hydroxyl groups is 1. The maximum Gasteiger partial charge on any atom is 0.224 e. The molecule has 1 aliphatic rings. The van der Waals surface area contributed by atoms with Gasteiger partial charge in [-0.25, -0.2) is 0 Å². The number of para-hydroxylation sites is 2. The molecule has 1 aliphatic heterocycles. The predicted molar refractivity (Wildman–Crippen MR) is 216 cm³/mol. The lowest BCUT2D eigenvalue weighted by Crippen LogP contribution is -2.31. The first-order valence-corrected chi connectivity index (χ1v) is 19.7. The highest BCUT2D eigenvalue weighted by atomic mass is 32.2. The van der Waals surface area contributed by atoms with Crippen LogP contribution in [0.1, 0.15) is 79.6 Å². The van der Waals surface area contributed by atoms with Gasteiger partial charge in [0.15, 0.2) is 6.29 Å². The van der Waals surface area contributed by atoms with Crippen LogP contribution in [0.15, 0.2) is 132 Å². The second-order valence-electron chi connectivity index (χ2n) is 13.6. The summed E-state index contributed by atoms with van der Waals surface area (Å²) in [7, 11) is 0. The van der Waals surface area contributed by atoms with Gasteiger partial charge >= 0.3 is 0 Å². The molecule has 1 saturated heterocycles. The van der Waals surface area contributed by atoms with Gasteiger partial charge in [0.05, 0.1) is 30.2 Å². The van der Waals surface area contributed by atoms with Gasteiger partial charge in [-0.15, -0.1) is 11.8 Å². The van der Waals surface area contributed by atoms with Crippen LogP contribution in [0.3, 0.4) is 0 Å². The molecule has 8 nitrogen and oxygen atoms in total. The molecule has 6 rings (SSSR count). The number of amides is 2. The third kappa shape index (κ3) is 11.5. The zero-order valence-corrected chi connectivity index (χ0v) is 31.3. The molecule has 0 spiro atoms. The van der Waals surface area contributed by atoms with E-state index in [0.717, 1.165) is 71.2 Å². The molecule has 0 saturated carbocycles. The third-order valence-electron chi connectivity index (χ3n) is 9.50. The van der Waals surface area contributed by atoms with Gasteiger partial charge in [-0.3, -0.25) is 9.59 Å². The fourth-order valence-corrected chi connectivity index (χ4v) is 7.43. The highest BCUT2D eigenvalue weighted by Crippen LogP contribution is 2.40. The molecular weight excluding hydrogens is 695 g/mol. The van der Waals surface area contributed by atoms with Gasteiger partial charge < -0.3 is 30.9 Å². The summed E-state index contributed by atoms with van der Waals surface area (Å²) in [5.74, 6) is 0.770. The highest BCUT2D eigenvalue weighted by Gasteiger charge is 2.32. The van der Waals surface area contributed by atoms with Gasteiger partial charge in [-0.1, -0.05) is 104 Å². The lowest BCUT2D eigenvalue weighted by atomic mass is 9.99. The zero-order chi connectivity index (χ0) is 37.5. The minimum atomic E-state index is -0.545. The van der Waals surface area contributed by atoms with Crippen molar-refractivity contribution in [2.45, 2.75) is 81.5 Å². The van der Waals surface area contributed by atoms with Gasteiger partial charge in [0, 0.05) is 42.0 Å². The second kappa shape index (κ2) is 19.9. The predicted octanol–water partition coefficient (Wildman–Crippen LogP) is 9.36. The maximum absolute atomic E-state index is 12.7. The monoisotopic (exact) mass is 743 g/mol. The zero-order valence-electron chi connectivity index (χ0n) is 30.5. The number of hydrogen-bond acceptors (Lipinski definition) is 7. The van der Waals surface area contributed by atoms with Crippen molar-refractivity contribution in [1.82, 2.24) is 5.32 Å². The topological polar surface area (TPSA) is 123 Å². The summed E-state index contributed by atoms with van der Waals surface area (Å²) in [4.78, 5) is 26.1. The summed E-state index contributed by atoms with van der Waals surface area (Å²) in [6.07, 6.45) is 4.19. The van der Waals surface area contributed by atoms with Crippen LogP contribution >= 0.6 is 11.8 Å². The van der Waals surface area contributed by atoms with Gasteiger partial charge in [-0.05, 0) is 77.1 Å². The average Bonchev–Trinajstić information content (AvgIpc) is 3.22. The molecule has 1 heterocycles. The highest BCUT2D eigenvalue weighted by molar-refractivity contribution is 7.99. The Morgan fingerprint density at radius 2 is 1.41 bits per heavy atom. The molecule has 0 aromatic heterocycles. The fourth-order valence-electron chi connectivity index (χ4n) is 6.49. The van der Waals surface area contributed by atoms with Crippen molar-refractivity contribution in [2.24, 2.45) is 0 Å². The third-order valence-corrected chi connectivity index (χ3v) is 10.6. The lowest BCUT2D eigenvalue weighted by Gasteiger charge is -2.36. The Kier molecular flexibility index (Phi) is 14.3. The number of anilines is 2. The molecular formula is C45H49N3O5S. The van der Waals surface area contributed by atoms with Crippen molar-refractivity contribution in [2.75, 3.05) is 16.8 Å². The molecule has 2 amide bonds. The minimum Gasteiger partial charge on any atom is -0.397 e. The molecule has 54 heavy (non-hydrogen) atoms. The first kappa shape index (κ1) is 38.8. The first-order valence-electron chi connectivity index (χ1n) is 18.7. The number of nitrogens with one attached hydrogen (secondary N) is 2. The molecule has 280 valence electrons. The van der Waals surface area contributed by atoms with E-state index in [1.54, 1.807) is 23.9 Å². The Morgan fingerprint density at radius 1 is 0.704 bits per heavy atom. The molecule has 9 heteroatoms. The van der Waals surface area contributed by atoms with E-state index in [1.807, 2.05) is 66.7 Å². The number of nitrogen functional groups attached to an aromatic ring is 1. The van der Waals surface area contributed by atoms with Crippen LogP contribution < -0.4 is 16.4 Å². The lowest BCUT2D eigenvalue weighted by molar-refractivity contribution is -0.245. The van der Waals surface area contributed by atoms with Crippen LogP contribution in [0.5, 0.6) is 0 Å². The molecule has 5 aromatic carbocycles. The van der Waals surface area contributed by atoms with E-state index in [0.29, 0.717) is 30.8 Å². The van der Waals surface area contributed by atoms with Crippen molar-refractivity contribution in [3.05, 3.63) is 150 Å². The van der Waals surface area contributed by atoms with E-state index >= 15 is 0 Å². The number of unbranched alkanes of at least 4 members (excludes halogenated alkanes) is 3. The van der Waals surface area contributed by atoms with Crippen LogP contribution in [-0.4, -0.2) is 28.8 Å². The number of nitrogens with two attached hydrogens (primary N) is 1. The largest absolute Gasteiger partial charge is 0.397 e. The van der Waals surface area contributed by atoms with Crippen molar-refractivity contribution in [3.63, 3.8) is 0 Å². The molecule has 5 aromatic rings. The Bertz CT molecular complexity index is 1960. The van der Waals surface area contributed by atoms with Crippen molar-refractivity contribution in [3.8, 4) is 11.1 Å². The van der Waals surface area contributed by atoms with Crippen molar-refractivity contribution >= 4 is 35.0 Å². The molecule has 1 fully saturated rings. The smallest absolute Gasteiger partial charge is 0.224 e. The van der Waals surface area contributed by atoms with Crippen molar-refractivity contribution in [1.29, 1.82) is 0 Å². The van der Waals surface area contributed by atoms with Gasteiger partial charge in [0.1, 0.15) is 0 Å². The number of carbonyl (C=O) groups excluding carboxylic acids is 2. The minimum absolute atomic E-state index is 0.00516. The number of rotatable bonds is 17. The molecule has 0 aliphatic carbocycles. The Labute approximate surface area is 322 Å². The summed E-state index contributed by atoms with van der Waals surface area (Å²) < 4.78 is 13.2. The Morgan fingerprint density at radius 3 is 2.17 bits per heavy atom. The summed E-state index contributed by atoms with van der Waals surface area (Å²) in [6, 6.07) is 42.1. The number of hydrogen-bond donors (Lipinski definition) is 4. The first-order chi connectivity index (χ1) is 26.4. The summed E-state index contributed by atoms with van der Waals surface area (Å²) in [5, 5.41) is 15.5. The Balaban J connectivity index is 1.00. The summed E-state index contributed by atoms with van der Waals surface area (Å²) in [6.45, 7) is 0.451. The molecule has 5 N–H and O–H groups in total. The quantitative estimate of drug-likeness (QED) is 0.0425. The summed E-state index contributed by atoms with van der Waals surface area (Å²) in [5.41, 5.74) is 13.1. The second-order valence-corrected chi connectivity index (χ2v) is 14.7. The van der Waals surface area contributed by atoms with E-state index < -0.39 is 6.29 Å². The number of carbonyl (C=O) groups is 2. The SMILES string of the molecule is Nc1ccccc1NC(=O)CCCCCCC(=O)NCc1cccc(-c2cccc(C3OC(CSc4ccccc4)CC(c4ccc(CO)cc4)O3)c2)c1. The molecule has 0 radical (unpaired) electrons. The van der Waals surface area contributed by atoms with Crippen LogP contribution in [0.4, 0.5) is 11.4 Å². The number of benzene rings is 5. The molecule has 3 unspecified atom stereocenters. The summed E-state index contributed by atoms with van der Waals surface area (Å²) >= 11 is 1.78. The van der Waals surface area contributed by atoms with E-state index in [4.69, 9.17) is 15.2 Å². The maximum atomic E-state index is 12.7. The van der Waals surface area contributed by atoms with Crippen LogP contribution in [0.25, 0.3) is 11.1 Å². The van der Waals surface area contributed by atoms with E-state index in [1.165, 1.54) is 4.90 Å². The molecule has 0 bridgehead atoms. The van der Waals surface area contributed by atoms with Crippen LogP contribution in [-0.2, 0) is 32.2 Å². The van der Waals surface area contributed by atoms with Gasteiger partial charge in [0.2, 0.25) is 11.8 Å². The molecule has 3 atom stereocenters. The number of aliphatic hydroxyl groups excluding tert-OH is 1. The standard InChI is InChI=1S/C45H49N3O5S/c46-40-18-8-9-19-41(40)48-44(51)21-7-2-1-6-20-43(50)47-29-33-12-10-13-35(26-33)36-14-11-15-37(27-36)45-52-38(31-54-39-16-4-3-5-17-39)28-42(53-45)34-24-22-32(30-49)23-25-34/h3-5,8-19,22-27,38,42,45,49H,1-2,6-7,20-21,28-31,46H2,(H,47,50)(H,48,51). The van der Waals surface area contributed by atoms with Crippen LogP contribution in [0, 0.1) is 0 Å².